The number of amides is 1. The van der Waals surface area contributed by atoms with Crippen molar-refractivity contribution in [3.05, 3.63) is 89.5 Å². The van der Waals surface area contributed by atoms with Crippen LogP contribution in [0.3, 0.4) is 0 Å². The zero-order chi connectivity index (χ0) is 21.7. The molecule has 3 aromatic carbocycles. The Kier molecular flexibility index (Phi) is 4.67. The van der Waals surface area contributed by atoms with Crippen LogP contribution >= 0.6 is 0 Å². The molecule has 0 spiro atoms. The molecule has 2 fully saturated rings. The van der Waals surface area contributed by atoms with Gasteiger partial charge in [-0.25, -0.2) is 0 Å². The number of hydrogen-bond acceptors (Lipinski definition) is 3. The Morgan fingerprint density at radius 1 is 0.969 bits per heavy atom. The van der Waals surface area contributed by atoms with E-state index >= 15 is 0 Å². The van der Waals surface area contributed by atoms with E-state index in [1.165, 1.54) is 36.1 Å². The van der Waals surface area contributed by atoms with Crippen molar-refractivity contribution in [2.45, 2.75) is 31.2 Å². The molecule has 2 N–H and O–H groups in total. The number of fused-ring (bicyclic) bond motifs is 7. The van der Waals surface area contributed by atoms with Crippen LogP contribution in [-0.2, 0) is 0 Å². The SMILES string of the molecule is COc1ccc(NC(=O)c2ccc3c(c2)[C@H]2[C@H]4CC[C@@H](C4)[C@@H]2[C@H](c2ccccc2)N3)cc1. The lowest BCUT2D eigenvalue weighted by Gasteiger charge is -2.43. The van der Waals surface area contributed by atoms with Crippen molar-refractivity contribution in [2.75, 3.05) is 17.7 Å². The summed E-state index contributed by atoms with van der Waals surface area (Å²) >= 11 is 0. The molecule has 5 atom stereocenters. The third kappa shape index (κ3) is 3.17. The molecule has 1 aliphatic heterocycles. The molecule has 0 unspecified atom stereocenters. The zero-order valence-corrected chi connectivity index (χ0v) is 18.3. The highest BCUT2D eigenvalue weighted by Gasteiger charge is 2.53. The van der Waals surface area contributed by atoms with Crippen molar-refractivity contribution in [3.63, 3.8) is 0 Å². The number of carbonyl (C=O) groups excluding carboxylic acids is 1. The van der Waals surface area contributed by atoms with E-state index in [1.54, 1.807) is 7.11 Å². The second-order valence-electron chi connectivity index (χ2n) is 9.45. The minimum atomic E-state index is -0.0668. The highest BCUT2D eigenvalue weighted by molar-refractivity contribution is 6.04. The molecule has 4 heteroatoms. The quantitative estimate of drug-likeness (QED) is 0.521. The Labute approximate surface area is 189 Å². The number of rotatable bonds is 4. The molecule has 2 saturated carbocycles. The summed E-state index contributed by atoms with van der Waals surface area (Å²) < 4.78 is 5.21. The predicted molar refractivity (Wildman–Crippen MR) is 127 cm³/mol. The number of anilines is 2. The molecule has 2 bridgehead atoms. The molecule has 3 aliphatic rings. The summed E-state index contributed by atoms with van der Waals surface area (Å²) in [5.74, 6) is 3.35. The van der Waals surface area contributed by atoms with E-state index in [0.29, 0.717) is 17.9 Å². The third-order valence-electron chi connectivity index (χ3n) is 7.86. The lowest BCUT2D eigenvalue weighted by molar-refractivity contribution is 0.102. The van der Waals surface area contributed by atoms with Gasteiger partial charge in [-0.15, -0.1) is 0 Å². The van der Waals surface area contributed by atoms with Crippen LogP contribution in [0.4, 0.5) is 11.4 Å². The van der Waals surface area contributed by atoms with E-state index in [2.05, 4.69) is 53.1 Å². The minimum absolute atomic E-state index is 0.0668. The fraction of sp³-hybridized carbons (Fsp3) is 0.321. The third-order valence-corrected chi connectivity index (χ3v) is 7.86. The first-order chi connectivity index (χ1) is 15.7. The number of nitrogens with one attached hydrogen (secondary N) is 2. The van der Waals surface area contributed by atoms with E-state index in [-0.39, 0.29) is 5.91 Å². The summed E-state index contributed by atoms with van der Waals surface area (Å²) in [6.07, 6.45) is 3.97. The van der Waals surface area contributed by atoms with Gasteiger partial charge in [0.25, 0.3) is 5.91 Å². The lowest BCUT2D eigenvalue weighted by Crippen LogP contribution is -2.35. The second-order valence-corrected chi connectivity index (χ2v) is 9.45. The molecule has 4 nitrogen and oxygen atoms in total. The number of carbonyl (C=O) groups is 1. The summed E-state index contributed by atoms with van der Waals surface area (Å²) in [5, 5.41) is 6.88. The van der Waals surface area contributed by atoms with Crippen LogP contribution in [0.1, 0.15) is 52.7 Å². The van der Waals surface area contributed by atoms with Crippen LogP contribution in [-0.4, -0.2) is 13.0 Å². The van der Waals surface area contributed by atoms with E-state index in [1.807, 2.05) is 30.3 Å². The molecule has 1 heterocycles. The van der Waals surface area contributed by atoms with Gasteiger partial charge in [-0.1, -0.05) is 30.3 Å². The van der Waals surface area contributed by atoms with Gasteiger partial charge in [-0.2, -0.15) is 0 Å². The van der Waals surface area contributed by atoms with E-state index in [9.17, 15) is 4.79 Å². The van der Waals surface area contributed by atoms with Gasteiger partial charge >= 0.3 is 0 Å². The fourth-order valence-electron chi connectivity index (χ4n) is 6.50. The smallest absolute Gasteiger partial charge is 0.255 e. The standard InChI is InChI=1S/C28H28N2O2/c1-32-22-12-10-21(11-13-22)29-28(31)20-9-14-24-23(16-20)25-18-7-8-19(15-18)26(25)27(30-24)17-5-3-2-4-6-17/h2-6,9-14,16,18-19,25-27,30H,7-8,15H2,1H3,(H,29,31)/t18-,19-,25+,26-,27-/m0/s1. The van der Waals surface area contributed by atoms with Gasteiger partial charge in [0.05, 0.1) is 13.2 Å². The molecular weight excluding hydrogens is 396 g/mol. The van der Waals surface area contributed by atoms with Gasteiger partial charge < -0.3 is 15.4 Å². The second kappa shape index (κ2) is 7.70. The monoisotopic (exact) mass is 424 g/mol. The first-order valence-electron chi connectivity index (χ1n) is 11.6. The maximum Gasteiger partial charge on any atom is 0.255 e. The van der Waals surface area contributed by atoms with Crippen LogP contribution in [0.25, 0.3) is 0 Å². The molecule has 6 rings (SSSR count). The highest BCUT2D eigenvalue weighted by Crippen LogP contribution is 2.63. The molecule has 0 saturated heterocycles. The van der Waals surface area contributed by atoms with Crippen LogP contribution in [0, 0.1) is 17.8 Å². The Morgan fingerprint density at radius 2 is 1.75 bits per heavy atom. The van der Waals surface area contributed by atoms with E-state index in [4.69, 9.17) is 4.74 Å². The topological polar surface area (TPSA) is 50.4 Å². The maximum absolute atomic E-state index is 13.0. The van der Waals surface area contributed by atoms with Gasteiger partial charge in [0, 0.05) is 16.9 Å². The molecule has 162 valence electrons. The molecule has 2 aliphatic carbocycles. The van der Waals surface area contributed by atoms with Crippen LogP contribution < -0.4 is 15.4 Å². The van der Waals surface area contributed by atoms with Crippen molar-refractivity contribution in [1.29, 1.82) is 0 Å². The first-order valence-corrected chi connectivity index (χ1v) is 11.6. The van der Waals surface area contributed by atoms with Crippen molar-refractivity contribution in [2.24, 2.45) is 17.8 Å². The van der Waals surface area contributed by atoms with Gasteiger partial charge in [0.15, 0.2) is 0 Å². The Morgan fingerprint density at radius 3 is 2.53 bits per heavy atom. The summed E-state index contributed by atoms with van der Waals surface area (Å²) in [6.45, 7) is 0. The van der Waals surface area contributed by atoms with Crippen molar-refractivity contribution in [3.8, 4) is 5.75 Å². The largest absolute Gasteiger partial charge is 0.497 e. The van der Waals surface area contributed by atoms with E-state index in [0.717, 1.165) is 28.8 Å². The van der Waals surface area contributed by atoms with Gasteiger partial charge in [0.1, 0.15) is 5.75 Å². The van der Waals surface area contributed by atoms with Gasteiger partial charge in [0.2, 0.25) is 0 Å². The highest BCUT2D eigenvalue weighted by atomic mass is 16.5. The van der Waals surface area contributed by atoms with Crippen molar-refractivity contribution >= 4 is 17.3 Å². The minimum Gasteiger partial charge on any atom is -0.497 e. The lowest BCUT2D eigenvalue weighted by atomic mass is 9.68. The zero-order valence-electron chi connectivity index (χ0n) is 18.3. The molecule has 0 radical (unpaired) electrons. The number of benzene rings is 3. The predicted octanol–water partition coefficient (Wildman–Crippen LogP) is 6.24. The average molecular weight is 425 g/mol. The van der Waals surface area contributed by atoms with Crippen LogP contribution in [0.2, 0.25) is 0 Å². The molecule has 32 heavy (non-hydrogen) atoms. The first kappa shape index (κ1) is 19.4. The van der Waals surface area contributed by atoms with Gasteiger partial charge in [-0.05, 0) is 96.5 Å². The molecular formula is C28H28N2O2. The summed E-state index contributed by atoms with van der Waals surface area (Å²) in [7, 11) is 1.64. The summed E-state index contributed by atoms with van der Waals surface area (Å²) in [5.41, 5.74) is 5.39. The number of ether oxygens (including phenoxy) is 1. The summed E-state index contributed by atoms with van der Waals surface area (Å²) in [6, 6.07) is 24.9. The molecule has 0 aromatic heterocycles. The summed E-state index contributed by atoms with van der Waals surface area (Å²) in [4.78, 5) is 13.0. The number of hydrogen-bond donors (Lipinski definition) is 2. The fourth-order valence-corrected chi connectivity index (χ4v) is 6.50. The average Bonchev–Trinajstić information content (AvgIpc) is 3.47. The maximum atomic E-state index is 13.0. The van der Waals surface area contributed by atoms with Gasteiger partial charge in [-0.3, -0.25) is 4.79 Å². The normalized spacial score (nSPS) is 27.2. The molecule has 1 amide bonds. The Bertz CT molecular complexity index is 1140. The Hall–Kier alpha value is -3.27. The Balaban J connectivity index is 1.32. The van der Waals surface area contributed by atoms with Crippen molar-refractivity contribution < 1.29 is 9.53 Å². The van der Waals surface area contributed by atoms with Crippen LogP contribution in [0.5, 0.6) is 5.75 Å². The van der Waals surface area contributed by atoms with Crippen molar-refractivity contribution in [1.82, 2.24) is 0 Å². The van der Waals surface area contributed by atoms with E-state index < -0.39 is 0 Å². The van der Waals surface area contributed by atoms with Crippen LogP contribution in [0.15, 0.2) is 72.8 Å². The number of methoxy groups -OCH3 is 1. The molecule has 3 aromatic rings.